The van der Waals surface area contributed by atoms with E-state index in [0.717, 1.165) is 12.1 Å². The maximum Gasteiger partial charge on any atom is 0.246 e. The average molecular weight is 326 g/mol. The van der Waals surface area contributed by atoms with Crippen LogP contribution in [0.2, 0.25) is 0 Å². The van der Waals surface area contributed by atoms with Gasteiger partial charge in [0.05, 0.1) is 12.8 Å². The summed E-state index contributed by atoms with van der Waals surface area (Å²) in [5.74, 6) is 1.09. The van der Waals surface area contributed by atoms with Crippen LogP contribution in [0.15, 0.2) is 48.5 Å². The van der Waals surface area contributed by atoms with E-state index in [1.165, 1.54) is 5.56 Å². The first kappa shape index (κ1) is 17.9. The minimum absolute atomic E-state index is 0.106. The lowest BCUT2D eigenvalue weighted by Crippen LogP contribution is -2.32. The predicted molar refractivity (Wildman–Crippen MR) is 99.9 cm³/mol. The van der Waals surface area contributed by atoms with Crippen molar-refractivity contribution in [1.29, 1.82) is 0 Å². The zero-order valence-corrected chi connectivity index (χ0v) is 14.8. The second-order valence-corrected chi connectivity index (χ2v) is 5.99. The van der Waals surface area contributed by atoms with E-state index >= 15 is 0 Å². The number of hydrogen-bond donors (Lipinski definition) is 2. The van der Waals surface area contributed by atoms with Crippen molar-refractivity contribution in [2.24, 2.45) is 0 Å². The van der Waals surface area contributed by atoms with E-state index in [0.29, 0.717) is 17.4 Å². The molecule has 0 aliphatic heterocycles. The van der Waals surface area contributed by atoms with Crippen LogP contribution in [0.4, 0.5) is 11.4 Å². The fourth-order valence-electron chi connectivity index (χ4n) is 2.45. The Labute approximate surface area is 144 Å². The summed E-state index contributed by atoms with van der Waals surface area (Å²) in [5, 5.41) is 6.12. The Morgan fingerprint density at radius 2 is 1.75 bits per heavy atom. The zero-order chi connectivity index (χ0) is 17.5. The molecule has 0 aromatic heterocycles. The van der Waals surface area contributed by atoms with Crippen molar-refractivity contribution in [3.05, 3.63) is 54.1 Å². The fourth-order valence-corrected chi connectivity index (χ4v) is 2.45. The van der Waals surface area contributed by atoms with Crippen LogP contribution in [0.3, 0.4) is 0 Å². The Hall–Kier alpha value is -2.49. The van der Waals surface area contributed by atoms with Gasteiger partial charge in [0, 0.05) is 5.69 Å². The number of carbonyl (C=O) groups excluding carboxylic acids is 1. The molecule has 0 spiro atoms. The molecule has 0 aliphatic carbocycles. The number of nitrogens with one attached hydrogen (secondary N) is 2. The van der Waals surface area contributed by atoms with Crippen LogP contribution < -0.4 is 15.4 Å². The molecule has 1 amide bonds. The molecule has 2 N–H and O–H groups in total. The SMILES string of the molecule is CC[C@@H](C)c1ccc(N[C@@H](C)C(=O)Nc2ccccc2OC)cc1. The summed E-state index contributed by atoms with van der Waals surface area (Å²) < 4.78 is 5.26. The molecule has 2 aromatic rings. The summed E-state index contributed by atoms with van der Waals surface area (Å²) in [4.78, 5) is 12.4. The number of hydrogen-bond acceptors (Lipinski definition) is 3. The number of carbonyl (C=O) groups is 1. The Morgan fingerprint density at radius 3 is 2.38 bits per heavy atom. The predicted octanol–water partition coefficient (Wildman–Crippen LogP) is 4.65. The van der Waals surface area contributed by atoms with E-state index in [2.05, 4.69) is 36.6 Å². The highest BCUT2D eigenvalue weighted by Gasteiger charge is 2.14. The van der Waals surface area contributed by atoms with Crippen LogP contribution in [0, 0.1) is 0 Å². The van der Waals surface area contributed by atoms with Gasteiger partial charge in [-0.2, -0.15) is 0 Å². The minimum atomic E-state index is -0.357. The van der Waals surface area contributed by atoms with Crippen molar-refractivity contribution < 1.29 is 9.53 Å². The average Bonchev–Trinajstić information content (AvgIpc) is 2.62. The molecule has 0 radical (unpaired) electrons. The lowest BCUT2D eigenvalue weighted by atomic mass is 9.98. The molecule has 0 bridgehead atoms. The standard InChI is InChI=1S/C20H26N2O2/c1-5-14(2)16-10-12-17(13-11-16)21-15(3)20(23)22-18-8-6-7-9-19(18)24-4/h6-15,21H,5H2,1-4H3,(H,22,23)/t14-,15+/m1/s1. The topological polar surface area (TPSA) is 50.4 Å². The molecule has 2 aromatic carbocycles. The number of ether oxygens (including phenoxy) is 1. The molecule has 24 heavy (non-hydrogen) atoms. The van der Waals surface area contributed by atoms with E-state index in [9.17, 15) is 4.79 Å². The third kappa shape index (κ3) is 4.51. The number of methoxy groups -OCH3 is 1. The van der Waals surface area contributed by atoms with E-state index in [1.807, 2.05) is 43.3 Å². The van der Waals surface area contributed by atoms with Crippen molar-refractivity contribution in [2.75, 3.05) is 17.7 Å². The second-order valence-electron chi connectivity index (χ2n) is 5.99. The number of para-hydroxylation sites is 2. The smallest absolute Gasteiger partial charge is 0.246 e. The minimum Gasteiger partial charge on any atom is -0.495 e. The molecule has 2 atom stereocenters. The van der Waals surface area contributed by atoms with Crippen LogP contribution in [0.5, 0.6) is 5.75 Å². The van der Waals surface area contributed by atoms with Gasteiger partial charge in [-0.25, -0.2) is 0 Å². The van der Waals surface area contributed by atoms with Crippen LogP contribution in [-0.2, 0) is 4.79 Å². The Bertz CT molecular complexity index is 668. The van der Waals surface area contributed by atoms with Gasteiger partial charge in [-0.3, -0.25) is 4.79 Å². The molecule has 0 heterocycles. The second kappa shape index (κ2) is 8.39. The number of benzene rings is 2. The summed E-state index contributed by atoms with van der Waals surface area (Å²) in [5.41, 5.74) is 2.92. The van der Waals surface area contributed by atoms with Crippen molar-refractivity contribution >= 4 is 17.3 Å². The molecule has 128 valence electrons. The van der Waals surface area contributed by atoms with E-state index in [4.69, 9.17) is 4.74 Å². The van der Waals surface area contributed by atoms with Gasteiger partial charge in [0.15, 0.2) is 0 Å². The normalized spacial score (nSPS) is 13.0. The van der Waals surface area contributed by atoms with Crippen LogP contribution in [0.1, 0.15) is 38.7 Å². The van der Waals surface area contributed by atoms with Gasteiger partial charge in [0.25, 0.3) is 0 Å². The summed E-state index contributed by atoms with van der Waals surface area (Å²) in [6, 6.07) is 15.3. The highest BCUT2D eigenvalue weighted by molar-refractivity contribution is 5.97. The lowest BCUT2D eigenvalue weighted by molar-refractivity contribution is -0.116. The number of anilines is 2. The monoisotopic (exact) mass is 326 g/mol. The van der Waals surface area contributed by atoms with Crippen LogP contribution in [0.25, 0.3) is 0 Å². The van der Waals surface area contributed by atoms with Gasteiger partial charge < -0.3 is 15.4 Å². The van der Waals surface area contributed by atoms with Crippen LogP contribution >= 0.6 is 0 Å². The Balaban J connectivity index is 1.98. The molecule has 0 aliphatic rings. The maximum absolute atomic E-state index is 12.4. The van der Waals surface area contributed by atoms with Crippen molar-refractivity contribution in [2.45, 2.75) is 39.2 Å². The molecule has 0 saturated carbocycles. The van der Waals surface area contributed by atoms with Gasteiger partial charge in [-0.05, 0) is 49.1 Å². The van der Waals surface area contributed by atoms with Crippen molar-refractivity contribution in [3.63, 3.8) is 0 Å². The molecule has 2 rings (SSSR count). The molecular formula is C20H26N2O2. The van der Waals surface area contributed by atoms with E-state index in [-0.39, 0.29) is 11.9 Å². The Morgan fingerprint density at radius 1 is 1.08 bits per heavy atom. The van der Waals surface area contributed by atoms with E-state index in [1.54, 1.807) is 7.11 Å². The summed E-state index contributed by atoms with van der Waals surface area (Å²) in [6.45, 7) is 6.24. The lowest BCUT2D eigenvalue weighted by Gasteiger charge is -2.17. The first-order chi connectivity index (χ1) is 11.5. The largest absolute Gasteiger partial charge is 0.495 e. The number of amides is 1. The number of rotatable bonds is 7. The third-order valence-corrected chi connectivity index (χ3v) is 4.23. The molecule has 4 heteroatoms. The highest BCUT2D eigenvalue weighted by atomic mass is 16.5. The van der Waals surface area contributed by atoms with Crippen LogP contribution in [-0.4, -0.2) is 19.1 Å². The van der Waals surface area contributed by atoms with Crippen molar-refractivity contribution in [1.82, 2.24) is 0 Å². The molecule has 0 saturated heterocycles. The third-order valence-electron chi connectivity index (χ3n) is 4.23. The maximum atomic E-state index is 12.4. The first-order valence-corrected chi connectivity index (χ1v) is 8.35. The van der Waals surface area contributed by atoms with E-state index < -0.39 is 0 Å². The van der Waals surface area contributed by atoms with Gasteiger partial charge in [0.1, 0.15) is 11.8 Å². The zero-order valence-electron chi connectivity index (χ0n) is 14.8. The van der Waals surface area contributed by atoms with Gasteiger partial charge in [-0.1, -0.05) is 38.1 Å². The highest BCUT2D eigenvalue weighted by Crippen LogP contribution is 2.24. The van der Waals surface area contributed by atoms with Gasteiger partial charge >= 0.3 is 0 Å². The first-order valence-electron chi connectivity index (χ1n) is 8.35. The van der Waals surface area contributed by atoms with Gasteiger partial charge in [-0.15, -0.1) is 0 Å². The molecular weight excluding hydrogens is 300 g/mol. The summed E-state index contributed by atoms with van der Waals surface area (Å²) in [6.07, 6.45) is 1.12. The summed E-state index contributed by atoms with van der Waals surface area (Å²) >= 11 is 0. The fraction of sp³-hybridized carbons (Fsp3) is 0.350. The summed E-state index contributed by atoms with van der Waals surface area (Å²) in [7, 11) is 1.59. The molecule has 0 unspecified atom stereocenters. The Kier molecular flexibility index (Phi) is 6.24. The van der Waals surface area contributed by atoms with Gasteiger partial charge in [0.2, 0.25) is 5.91 Å². The van der Waals surface area contributed by atoms with Crippen molar-refractivity contribution in [3.8, 4) is 5.75 Å². The quantitative estimate of drug-likeness (QED) is 0.779. The molecule has 0 fully saturated rings. The molecule has 4 nitrogen and oxygen atoms in total.